The van der Waals surface area contributed by atoms with Crippen LogP contribution in [0.25, 0.3) is 0 Å². The minimum Gasteiger partial charge on any atom is -0.481 e. The van der Waals surface area contributed by atoms with Crippen molar-refractivity contribution < 1.29 is 19.4 Å². The van der Waals surface area contributed by atoms with Crippen LogP contribution in [0.2, 0.25) is 0 Å². The lowest BCUT2D eigenvalue weighted by Crippen LogP contribution is -2.43. The molecule has 0 aliphatic carbocycles. The molecule has 0 bridgehead atoms. The van der Waals surface area contributed by atoms with Gasteiger partial charge in [-0.3, -0.25) is 4.79 Å². The van der Waals surface area contributed by atoms with Crippen molar-refractivity contribution in [2.45, 2.75) is 32.9 Å². The summed E-state index contributed by atoms with van der Waals surface area (Å²) < 4.78 is 10.9. The molecule has 1 aromatic rings. The van der Waals surface area contributed by atoms with E-state index < -0.39 is 11.9 Å². The zero-order valence-electron chi connectivity index (χ0n) is 12.5. The molecule has 0 amide bonds. The fraction of sp³-hybridized carbons (Fsp3) is 0.643. The van der Waals surface area contributed by atoms with Crippen molar-refractivity contribution in [1.82, 2.24) is 9.97 Å². The number of aliphatic carboxylic acids is 1. The van der Waals surface area contributed by atoms with E-state index in [2.05, 4.69) is 9.97 Å². The Morgan fingerprint density at radius 2 is 2.29 bits per heavy atom. The second kappa shape index (κ2) is 6.71. The van der Waals surface area contributed by atoms with Gasteiger partial charge in [-0.2, -0.15) is 0 Å². The number of likely N-dealkylation sites (N-methyl/N-ethyl adjacent to an activating group) is 1. The maximum atomic E-state index is 11.3. The molecule has 2 atom stereocenters. The molecule has 2 heterocycles. The standard InChI is InChI=1S/C14H21N3O4/c1-4-17(11-7-20-6-10(11)14(18)19)12-5-13(16-8-15-12)21-9(2)3/h5,8-11H,4,6-7H2,1-3H3,(H,18,19). The minimum absolute atomic E-state index is 0.0180. The molecule has 116 valence electrons. The molecule has 1 aromatic heterocycles. The molecule has 7 nitrogen and oxygen atoms in total. The highest BCUT2D eigenvalue weighted by molar-refractivity contribution is 5.72. The molecule has 1 saturated heterocycles. The van der Waals surface area contributed by atoms with Gasteiger partial charge in [0, 0.05) is 12.6 Å². The lowest BCUT2D eigenvalue weighted by atomic mass is 10.0. The average molecular weight is 295 g/mol. The van der Waals surface area contributed by atoms with Gasteiger partial charge in [0.15, 0.2) is 0 Å². The van der Waals surface area contributed by atoms with E-state index in [1.807, 2.05) is 25.7 Å². The van der Waals surface area contributed by atoms with Crippen LogP contribution in [0.5, 0.6) is 5.88 Å². The summed E-state index contributed by atoms with van der Waals surface area (Å²) in [5.74, 6) is -0.248. The Kier molecular flexibility index (Phi) is 4.95. The van der Waals surface area contributed by atoms with Crippen LogP contribution in [0.1, 0.15) is 20.8 Å². The molecule has 7 heteroatoms. The highest BCUT2D eigenvalue weighted by Gasteiger charge is 2.38. The van der Waals surface area contributed by atoms with Gasteiger partial charge in [0.25, 0.3) is 0 Å². The average Bonchev–Trinajstić information content (AvgIpc) is 2.88. The van der Waals surface area contributed by atoms with Crippen molar-refractivity contribution in [2.75, 3.05) is 24.7 Å². The third kappa shape index (κ3) is 3.60. The lowest BCUT2D eigenvalue weighted by molar-refractivity contribution is -0.141. The van der Waals surface area contributed by atoms with Gasteiger partial charge in [-0.1, -0.05) is 0 Å². The lowest BCUT2D eigenvalue weighted by Gasteiger charge is -2.30. The molecular weight excluding hydrogens is 274 g/mol. The summed E-state index contributed by atoms with van der Waals surface area (Å²) in [6.07, 6.45) is 1.45. The van der Waals surface area contributed by atoms with Crippen LogP contribution in [0.4, 0.5) is 5.82 Å². The van der Waals surface area contributed by atoms with Crippen molar-refractivity contribution in [1.29, 1.82) is 0 Å². The predicted molar refractivity (Wildman–Crippen MR) is 76.5 cm³/mol. The normalized spacial score (nSPS) is 21.5. The quantitative estimate of drug-likeness (QED) is 0.843. The molecule has 0 spiro atoms. The summed E-state index contributed by atoms with van der Waals surface area (Å²) in [5, 5.41) is 9.28. The smallest absolute Gasteiger partial charge is 0.311 e. The summed E-state index contributed by atoms with van der Waals surface area (Å²) in [7, 11) is 0. The SMILES string of the molecule is CCN(c1cc(OC(C)C)ncn1)C1COCC1C(=O)O. The largest absolute Gasteiger partial charge is 0.481 e. The Bertz CT molecular complexity index is 495. The molecule has 1 aliphatic rings. The Morgan fingerprint density at radius 3 is 2.90 bits per heavy atom. The maximum absolute atomic E-state index is 11.3. The van der Waals surface area contributed by atoms with Crippen molar-refractivity contribution in [3.63, 3.8) is 0 Å². The number of rotatable bonds is 6. The Labute approximate surface area is 123 Å². The summed E-state index contributed by atoms with van der Waals surface area (Å²) in [6.45, 7) is 7.06. The number of carboxylic acid groups (broad SMARTS) is 1. The monoisotopic (exact) mass is 295 g/mol. The van der Waals surface area contributed by atoms with Gasteiger partial charge in [0.05, 0.1) is 25.4 Å². The number of carboxylic acids is 1. The van der Waals surface area contributed by atoms with E-state index in [4.69, 9.17) is 9.47 Å². The highest BCUT2D eigenvalue weighted by atomic mass is 16.5. The van der Waals surface area contributed by atoms with E-state index >= 15 is 0 Å². The van der Waals surface area contributed by atoms with E-state index in [1.165, 1.54) is 6.33 Å². The number of ether oxygens (including phenoxy) is 2. The van der Waals surface area contributed by atoms with Gasteiger partial charge in [-0.05, 0) is 20.8 Å². The molecule has 21 heavy (non-hydrogen) atoms. The summed E-state index contributed by atoms with van der Waals surface area (Å²) >= 11 is 0. The van der Waals surface area contributed by atoms with Crippen molar-refractivity contribution in [3.05, 3.63) is 12.4 Å². The number of hydrogen-bond acceptors (Lipinski definition) is 6. The first-order valence-electron chi connectivity index (χ1n) is 7.08. The number of hydrogen-bond donors (Lipinski definition) is 1. The van der Waals surface area contributed by atoms with Crippen LogP contribution in [0, 0.1) is 5.92 Å². The topological polar surface area (TPSA) is 84.8 Å². The first kappa shape index (κ1) is 15.5. The van der Waals surface area contributed by atoms with Gasteiger partial charge in [0.2, 0.25) is 5.88 Å². The fourth-order valence-electron chi connectivity index (χ4n) is 2.45. The number of carbonyl (C=O) groups is 1. The number of nitrogens with zero attached hydrogens (tertiary/aromatic N) is 3. The van der Waals surface area contributed by atoms with E-state index in [-0.39, 0.29) is 18.8 Å². The third-order valence-corrected chi connectivity index (χ3v) is 3.39. The first-order valence-corrected chi connectivity index (χ1v) is 7.08. The molecule has 1 aliphatic heterocycles. The maximum Gasteiger partial charge on any atom is 0.311 e. The van der Waals surface area contributed by atoms with Crippen LogP contribution in [-0.4, -0.2) is 52.9 Å². The minimum atomic E-state index is -0.844. The van der Waals surface area contributed by atoms with Crippen LogP contribution in [0.3, 0.4) is 0 Å². The van der Waals surface area contributed by atoms with Crippen molar-refractivity contribution in [2.24, 2.45) is 5.92 Å². The van der Waals surface area contributed by atoms with Gasteiger partial charge in [0.1, 0.15) is 18.1 Å². The Hall–Kier alpha value is -1.89. The van der Waals surface area contributed by atoms with E-state index in [0.29, 0.717) is 24.8 Å². The Morgan fingerprint density at radius 1 is 1.52 bits per heavy atom. The second-order valence-electron chi connectivity index (χ2n) is 5.22. The number of anilines is 1. The van der Waals surface area contributed by atoms with Crippen LogP contribution < -0.4 is 9.64 Å². The van der Waals surface area contributed by atoms with Crippen molar-refractivity contribution in [3.8, 4) is 5.88 Å². The van der Waals surface area contributed by atoms with E-state index in [1.54, 1.807) is 6.07 Å². The summed E-state index contributed by atoms with van der Waals surface area (Å²) in [6, 6.07) is 1.51. The number of aromatic nitrogens is 2. The van der Waals surface area contributed by atoms with Crippen LogP contribution in [0.15, 0.2) is 12.4 Å². The highest BCUT2D eigenvalue weighted by Crippen LogP contribution is 2.26. The Balaban J connectivity index is 2.22. The molecular formula is C14H21N3O4. The molecule has 0 radical (unpaired) electrons. The van der Waals surface area contributed by atoms with E-state index in [0.717, 1.165) is 0 Å². The van der Waals surface area contributed by atoms with E-state index in [9.17, 15) is 9.90 Å². The van der Waals surface area contributed by atoms with Gasteiger partial charge < -0.3 is 19.5 Å². The van der Waals surface area contributed by atoms with Gasteiger partial charge in [-0.15, -0.1) is 0 Å². The molecule has 0 saturated carbocycles. The third-order valence-electron chi connectivity index (χ3n) is 3.39. The predicted octanol–water partition coefficient (Wildman–Crippen LogP) is 1.19. The molecule has 2 unspecified atom stereocenters. The molecule has 2 rings (SSSR count). The first-order chi connectivity index (χ1) is 10.0. The summed E-state index contributed by atoms with van der Waals surface area (Å²) in [5.41, 5.74) is 0. The zero-order chi connectivity index (χ0) is 15.4. The zero-order valence-corrected chi connectivity index (χ0v) is 12.5. The molecule has 0 aromatic carbocycles. The second-order valence-corrected chi connectivity index (χ2v) is 5.22. The van der Waals surface area contributed by atoms with Crippen molar-refractivity contribution >= 4 is 11.8 Å². The van der Waals surface area contributed by atoms with Gasteiger partial charge >= 0.3 is 5.97 Å². The molecule has 1 N–H and O–H groups in total. The van der Waals surface area contributed by atoms with Crippen LogP contribution >= 0.6 is 0 Å². The molecule has 1 fully saturated rings. The van der Waals surface area contributed by atoms with Gasteiger partial charge in [-0.25, -0.2) is 9.97 Å². The fourth-order valence-corrected chi connectivity index (χ4v) is 2.45. The summed E-state index contributed by atoms with van der Waals surface area (Å²) in [4.78, 5) is 21.6. The van der Waals surface area contributed by atoms with Crippen LogP contribution in [-0.2, 0) is 9.53 Å².